The van der Waals surface area contributed by atoms with E-state index in [1.165, 1.54) is 0 Å². The molecule has 0 heterocycles. The number of hydrogen-bond acceptors (Lipinski definition) is 6. The van der Waals surface area contributed by atoms with Crippen molar-refractivity contribution in [3.8, 4) is 0 Å². The zero-order valence-corrected chi connectivity index (χ0v) is 45.5. The SMILES string of the molecule is CCN(CC)C(=S)S.CCN(CC)C(=S)S.CCN(CC)C(=S)S.CCN(CC)C(=S)S.CCN(CC)C(=S)S.CCN(CC)C(=S)S.S.[Mo]. The first-order valence-corrected chi connectivity index (χ1v) is 21.3. The Morgan fingerprint density at radius 3 is 0.340 bits per heavy atom. The van der Waals surface area contributed by atoms with Gasteiger partial charge >= 0.3 is 0 Å². The molecule has 0 aliphatic carbocycles. The fourth-order valence-electron chi connectivity index (χ4n) is 2.96. The van der Waals surface area contributed by atoms with Crippen molar-refractivity contribution in [2.75, 3.05) is 78.5 Å². The minimum atomic E-state index is 0. The molecule has 0 aromatic rings. The third-order valence-electron chi connectivity index (χ3n) is 6.20. The van der Waals surface area contributed by atoms with E-state index in [4.69, 9.17) is 73.3 Å². The van der Waals surface area contributed by atoms with E-state index in [0.29, 0.717) is 25.9 Å². The van der Waals surface area contributed by atoms with Crippen LogP contribution in [0.15, 0.2) is 0 Å². The van der Waals surface area contributed by atoms with Crippen molar-refractivity contribution in [1.82, 2.24) is 29.4 Å². The summed E-state index contributed by atoms with van der Waals surface area (Å²) in [6.45, 7) is 36.2. The van der Waals surface area contributed by atoms with Gasteiger partial charge < -0.3 is 29.4 Å². The normalized spacial score (nSPS) is 8.52. The van der Waals surface area contributed by atoms with E-state index in [1.54, 1.807) is 0 Å². The van der Waals surface area contributed by atoms with E-state index in [0.717, 1.165) is 78.5 Å². The summed E-state index contributed by atoms with van der Waals surface area (Å²) < 4.78 is 4.14. The van der Waals surface area contributed by atoms with E-state index >= 15 is 0 Å². The Hall–Kier alpha value is 2.48. The Morgan fingerprint density at radius 2 is 0.340 bits per heavy atom. The summed E-state index contributed by atoms with van der Waals surface area (Å²) in [7, 11) is 0. The molecule has 0 aromatic heterocycles. The third-order valence-corrected chi connectivity index (χ3v) is 9.45. The number of hydrogen-bond donors (Lipinski definition) is 6. The van der Waals surface area contributed by atoms with Crippen molar-refractivity contribution in [2.24, 2.45) is 0 Å². The summed E-state index contributed by atoms with van der Waals surface area (Å²) in [5.41, 5.74) is 0. The van der Waals surface area contributed by atoms with Crippen LogP contribution in [-0.2, 0) is 21.1 Å². The largest absolute Gasteiger partial charge is 0.358 e. The minimum absolute atomic E-state index is 0. The molecule has 0 aromatic carbocycles. The monoisotopic (exact) mass is 1030 g/mol. The van der Waals surface area contributed by atoms with Gasteiger partial charge in [0.1, 0.15) is 25.9 Å². The van der Waals surface area contributed by atoms with Crippen molar-refractivity contribution >= 4 is 188 Å². The van der Waals surface area contributed by atoms with E-state index in [1.807, 2.05) is 29.4 Å². The zero-order chi connectivity index (χ0) is 39.4. The summed E-state index contributed by atoms with van der Waals surface area (Å²) >= 11 is 52.9. The average Bonchev–Trinajstić information content (AvgIpc) is 3.01. The molecule has 0 radical (unpaired) electrons. The standard InChI is InChI=1S/6C5H11NS2.Mo.H2S/c6*1-3-6(4-2)5(7)8;;/h6*3-4H2,1-2H3,(H,7,8);;1H2. The van der Waals surface area contributed by atoms with E-state index in [9.17, 15) is 0 Å². The molecule has 0 fully saturated rings. The quantitative estimate of drug-likeness (QED) is 0.0638. The summed E-state index contributed by atoms with van der Waals surface area (Å²) in [5.74, 6) is 0. The van der Waals surface area contributed by atoms with Gasteiger partial charge in [-0.15, -0.1) is 75.8 Å². The Kier molecular flexibility index (Phi) is 72.4. The smallest absolute Gasteiger partial charge is 0.133 e. The van der Waals surface area contributed by atoms with Crippen LogP contribution in [0, 0.1) is 0 Å². The molecule has 0 N–H and O–H groups in total. The summed E-state index contributed by atoms with van der Waals surface area (Å²) in [4.78, 5) is 12.1. The summed E-state index contributed by atoms with van der Waals surface area (Å²) in [6.07, 6.45) is 0. The van der Waals surface area contributed by atoms with Crippen LogP contribution >= 0.6 is 163 Å². The van der Waals surface area contributed by atoms with E-state index in [2.05, 4.69) is 159 Å². The van der Waals surface area contributed by atoms with Crippen LogP contribution in [0.25, 0.3) is 0 Å². The molecule has 6 nitrogen and oxygen atoms in total. The molecular weight excluding hydrogens is 957 g/mol. The molecule has 20 heteroatoms. The first kappa shape index (κ1) is 70.3. The first-order chi connectivity index (χ1) is 22.3. The molecule has 0 aliphatic heterocycles. The number of rotatable bonds is 12. The van der Waals surface area contributed by atoms with Crippen LogP contribution in [0.2, 0.25) is 0 Å². The van der Waals surface area contributed by atoms with Crippen molar-refractivity contribution < 1.29 is 21.1 Å². The molecule has 0 bridgehead atoms. The fraction of sp³-hybridized carbons (Fsp3) is 0.800. The second-order valence-corrected chi connectivity index (χ2v) is 15.4. The zero-order valence-electron chi connectivity index (χ0n) is 32.2. The minimum Gasteiger partial charge on any atom is -0.358 e. The molecule has 0 saturated heterocycles. The van der Waals surface area contributed by atoms with Crippen molar-refractivity contribution in [3.05, 3.63) is 0 Å². The molecule has 302 valence electrons. The van der Waals surface area contributed by atoms with Gasteiger partial charge in [-0.3, -0.25) is 0 Å². The molecule has 0 unspecified atom stereocenters. The molecule has 50 heavy (non-hydrogen) atoms. The Morgan fingerprint density at radius 1 is 0.280 bits per heavy atom. The maximum atomic E-state index is 4.81. The fourth-order valence-corrected chi connectivity index (χ4v) is 6.21. The number of nitrogens with zero attached hydrogens (tertiary/aromatic N) is 6. The molecular formula is C30H68MoN6S13. The molecule has 0 spiro atoms. The van der Waals surface area contributed by atoms with Gasteiger partial charge in [0.05, 0.1) is 0 Å². The molecule has 0 aliphatic rings. The Labute approximate surface area is 396 Å². The molecule has 0 saturated carbocycles. The number of thiol groups is 6. The second kappa shape index (κ2) is 51.5. The van der Waals surface area contributed by atoms with Gasteiger partial charge in [0, 0.05) is 99.6 Å². The predicted molar refractivity (Wildman–Crippen MR) is 277 cm³/mol. The van der Waals surface area contributed by atoms with Gasteiger partial charge in [-0.1, -0.05) is 73.3 Å². The van der Waals surface area contributed by atoms with E-state index in [-0.39, 0.29) is 34.6 Å². The van der Waals surface area contributed by atoms with Crippen molar-refractivity contribution in [2.45, 2.75) is 83.1 Å². The molecule has 0 amide bonds. The van der Waals surface area contributed by atoms with Crippen LogP contribution in [0.1, 0.15) is 83.1 Å². The van der Waals surface area contributed by atoms with Gasteiger partial charge in [0.2, 0.25) is 0 Å². The first-order valence-electron chi connectivity index (χ1n) is 16.2. The van der Waals surface area contributed by atoms with Crippen LogP contribution < -0.4 is 0 Å². The summed E-state index contributed by atoms with van der Waals surface area (Å²) in [5, 5.41) is 0. The van der Waals surface area contributed by atoms with Crippen molar-refractivity contribution in [1.29, 1.82) is 0 Å². The van der Waals surface area contributed by atoms with Crippen LogP contribution in [-0.4, -0.2) is 134 Å². The average molecular weight is 1030 g/mol. The summed E-state index contributed by atoms with van der Waals surface area (Å²) in [6, 6.07) is 0. The van der Waals surface area contributed by atoms with Crippen LogP contribution in [0.5, 0.6) is 0 Å². The van der Waals surface area contributed by atoms with Gasteiger partial charge in [0.15, 0.2) is 0 Å². The second-order valence-electron chi connectivity index (χ2n) is 8.73. The topological polar surface area (TPSA) is 19.4 Å². The van der Waals surface area contributed by atoms with Gasteiger partial charge in [-0.2, -0.15) is 13.5 Å². The Balaban J connectivity index is -0.0000000700. The van der Waals surface area contributed by atoms with Gasteiger partial charge in [0.25, 0.3) is 0 Å². The molecule has 0 atom stereocenters. The van der Waals surface area contributed by atoms with Crippen LogP contribution in [0.3, 0.4) is 0 Å². The third kappa shape index (κ3) is 48.5. The maximum absolute atomic E-state index is 4.81. The predicted octanol–water partition coefficient (Wildman–Crippen LogP) is 9.37. The molecule has 0 rings (SSSR count). The van der Waals surface area contributed by atoms with Gasteiger partial charge in [-0.05, 0) is 83.1 Å². The van der Waals surface area contributed by atoms with Crippen molar-refractivity contribution in [3.63, 3.8) is 0 Å². The van der Waals surface area contributed by atoms with Crippen LogP contribution in [0.4, 0.5) is 0 Å². The van der Waals surface area contributed by atoms with E-state index < -0.39 is 0 Å². The number of thiocarbonyl (C=S) groups is 6. The van der Waals surface area contributed by atoms with Gasteiger partial charge in [-0.25, -0.2) is 0 Å². The Bertz CT molecular complexity index is 651. The maximum Gasteiger partial charge on any atom is 0.133 e.